The Morgan fingerprint density at radius 3 is 2.22 bits per heavy atom. The number of carboxylic acids is 1. The molecule has 0 bridgehead atoms. The number of carbonyl (C=O) groups is 1. The van der Waals surface area contributed by atoms with E-state index >= 15 is 0 Å². The Hall–Kier alpha value is -3.46. The summed E-state index contributed by atoms with van der Waals surface area (Å²) in [7, 11) is 0. The summed E-state index contributed by atoms with van der Waals surface area (Å²) in [6, 6.07) is 15.5. The summed E-state index contributed by atoms with van der Waals surface area (Å²) >= 11 is 0. The molecule has 1 N–H and O–H groups in total. The second-order valence-electron chi connectivity index (χ2n) is 9.16. The largest absolute Gasteiger partial charge is 0.480 e. The van der Waals surface area contributed by atoms with Crippen LogP contribution < -0.4 is 5.56 Å². The van der Waals surface area contributed by atoms with Crippen LogP contribution in [0.15, 0.2) is 65.5 Å². The molecule has 36 heavy (non-hydrogen) atoms. The van der Waals surface area contributed by atoms with Crippen LogP contribution in [-0.4, -0.2) is 34.1 Å². The molecule has 1 aliphatic carbocycles. The van der Waals surface area contributed by atoms with Gasteiger partial charge in [0.1, 0.15) is 6.61 Å². The lowest BCUT2D eigenvalue weighted by Gasteiger charge is -2.28. The highest BCUT2D eigenvalue weighted by atomic mass is 19.4. The maximum Gasteiger partial charge on any atom is 0.416 e. The molecular formula is C27H27F3N2O4. The predicted molar refractivity (Wildman–Crippen MR) is 128 cm³/mol. The quantitative estimate of drug-likeness (QED) is 0.442. The molecule has 3 aromatic rings. The number of ether oxygens (including phenoxy) is 1. The molecule has 9 heteroatoms. The van der Waals surface area contributed by atoms with Gasteiger partial charge in [-0.25, -0.2) is 9.48 Å². The van der Waals surface area contributed by atoms with Gasteiger partial charge in [-0.3, -0.25) is 4.79 Å². The van der Waals surface area contributed by atoms with Crippen LogP contribution >= 0.6 is 0 Å². The SMILES string of the molecule is O=C(O)COC[C@H]1CC[C@H](Cn2nc(-c3ccc(C(F)(F)F)cc3)c(-c3ccccc3)cc2=O)CC1. The van der Waals surface area contributed by atoms with Crippen molar-refractivity contribution in [3.8, 4) is 22.4 Å². The third kappa shape index (κ3) is 6.40. The smallest absolute Gasteiger partial charge is 0.416 e. The number of aromatic nitrogens is 2. The number of nitrogens with zero attached hydrogens (tertiary/aromatic N) is 2. The van der Waals surface area contributed by atoms with E-state index in [9.17, 15) is 22.8 Å². The number of halogens is 3. The van der Waals surface area contributed by atoms with E-state index in [0.717, 1.165) is 43.4 Å². The fourth-order valence-electron chi connectivity index (χ4n) is 4.63. The zero-order valence-electron chi connectivity index (χ0n) is 19.6. The fourth-order valence-corrected chi connectivity index (χ4v) is 4.63. The molecular weight excluding hydrogens is 473 g/mol. The van der Waals surface area contributed by atoms with Crippen molar-refractivity contribution in [2.75, 3.05) is 13.2 Å². The van der Waals surface area contributed by atoms with Crippen molar-refractivity contribution in [2.45, 2.75) is 38.4 Å². The number of carboxylic acid groups (broad SMARTS) is 1. The van der Waals surface area contributed by atoms with E-state index in [1.807, 2.05) is 30.3 Å². The lowest BCUT2D eigenvalue weighted by Crippen LogP contribution is -2.29. The second kappa shape index (κ2) is 11.1. The number of rotatable bonds is 8. The minimum absolute atomic E-state index is 0.217. The van der Waals surface area contributed by atoms with Crippen molar-refractivity contribution in [3.63, 3.8) is 0 Å². The van der Waals surface area contributed by atoms with Crippen molar-refractivity contribution in [1.29, 1.82) is 0 Å². The van der Waals surface area contributed by atoms with E-state index in [0.29, 0.717) is 30.0 Å². The highest BCUT2D eigenvalue weighted by Crippen LogP contribution is 2.34. The van der Waals surface area contributed by atoms with Crippen molar-refractivity contribution < 1.29 is 27.8 Å². The first-order valence-electron chi connectivity index (χ1n) is 11.9. The molecule has 0 atom stereocenters. The monoisotopic (exact) mass is 500 g/mol. The van der Waals surface area contributed by atoms with Gasteiger partial charge < -0.3 is 9.84 Å². The molecule has 2 aromatic carbocycles. The summed E-state index contributed by atoms with van der Waals surface area (Å²) in [4.78, 5) is 23.6. The Kier molecular flexibility index (Phi) is 7.88. The number of hydrogen-bond acceptors (Lipinski definition) is 4. The summed E-state index contributed by atoms with van der Waals surface area (Å²) in [5, 5.41) is 13.3. The fraction of sp³-hybridized carbons (Fsp3) is 0.370. The van der Waals surface area contributed by atoms with Crippen LogP contribution in [0.25, 0.3) is 22.4 Å². The summed E-state index contributed by atoms with van der Waals surface area (Å²) in [5.41, 5.74) is 1.25. The van der Waals surface area contributed by atoms with Gasteiger partial charge in [-0.2, -0.15) is 18.3 Å². The first-order chi connectivity index (χ1) is 17.2. The zero-order valence-corrected chi connectivity index (χ0v) is 19.6. The van der Waals surface area contributed by atoms with Crippen LogP contribution in [0, 0.1) is 11.8 Å². The highest BCUT2D eigenvalue weighted by Gasteiger charge is 2.30. The van der Waals surface area contributed by atoms with E-state index in [1.165, 1.54) is 22.9 Å². The molecule has 0 aliphatic heterocycles. The Bertz CT molecular complexity index is 1230. The van der Waals surface area contributed by atoms with Crippen LogP contribution in [-0.2, 0) is 22.3 Å². The lowest BCUT2D eigenvalue weighted by molar-refractivity contribution is -0.143. The van der Waals surface area contributed by atoms with Crippen molar-refractivity contribution >= 4 is 5.97 Å². The third-order valence-electron chi connectivity index (χ3n) is 6.55. The first-order valence-corrected chi connectivity index (χ1v) is 11.9. The molecule has 0 spiro atoms. The molecule has 4 rings (SSSR count). The van der Waals surface area contributed by atoms with Gasteiger partial charge in [0.25, 0.3) is 5.56 Å². The summed E-state index contributed by atoms with van der Waals surface area (Å²) in [5.74, 6) is -0.487. The van der Waals surface area contributed by atoms with Crippen LogP contribution in [0.3, 0.4) is 0 Å². The second-order valence-corrected chi connectivity index (χ2v) is 9.16. The van der Waals surface area contributed by atoms with Crippen LogP contribution in [0.4, 0.5) is 13.2 Å². The first kappa shape index (κ1) is 25.6. The lowest BCUT2D eigenvalue weighted by atomic mass is 9.82. The van der Waals surface area contributed by atoms with E-state index < -0.39 is 17.7 Å². The van der Waals surface area contributed by atoms with Crippen LogP contribution in [0.5, 0.6) is 0 Å². The van der Waals surface area contributed by atoms with Gasteiger partial charge in [0.15, 0.2) is 0 Å². The Morgan fingerprint density at radius 1 is 0.972 bits per heavy atom. The van der Waals surface area contributed by atoms with E-state index in [1.54, 1.807) is 0 Å². The maximum atomic E-state index is 13.1. The minimum Gasteiger partial charge on any atom is -0.480 e. The van der Waals surface area contributed by atoms with Gasteiger partial charge >= 0.3 is 12.1 Å². The van der Waals surface area contributed by atoms with E-state index in [2.05, 4.69) is 5.10 Å². The molecule has 1 fully saturated rings. The molecule has 0 radical (unpaired) electrons. The zero-order chi connectivity index (χ0) is 25.7. The number of alkyl halides is 3. The van der Waals surface area contributed by atoms with Gasteiger partial charge in [-0.1, -0.05) is 42.5 Å². The summed E-state index contributed by atoms with van der Waals surface area (Å²) in [6.07, 6.45) is -0.999. The molecule has 1 aromatic heterocycles. The highest BCUT2D eigenvalue weighted by molar-refractivity contribution is 5.80. The third-order valence-corrected chi connectivity index (χ3v) is 6.55. The molecule has 190 valence electrons. The summed E-state index contributed by atoms with van der Waals surface area (Å²) in [6.45, 7) is 0.505. The standard InChI is InChI=1S/C27H27F3N2O4/c28-27(29,30)22-12-10-21(11-13-22)26-23(20-4-2-1-3-5-20)14-24(33)32(31-26)15-18-6-8-19(9-7-18)16-36-17-25(34)35/h1-5,10-14,18-19H,6-9,15-17H2,(H,34,35)/t18-,19-. The Morgan fingerprint density at radius 2 is 1.61 bits per heavy atom. The average molecular weight is 501 g/mol. The minimum atomic E-state index is -4.44. The Balaban J connectivity index is 1.57. The predicted octanol–water partition coefficient (Wildman–Crippen LogP) is 5.50. The van der Waals surface area contributed by atoms with Crippen molar-refractivity contribution in [1.82, 2.24) is 9.78 Å². The van der Waals surface area contributed by atoms with Crippen LogP contribution in [0.2, 0.25) is 0 Å². The number of aliphatic carboxylic acids is 1. The van der Waals surface area contributed by atoms with Gasteiger partial charge in [-0.15, -0.1) is 0 Å². The molecule has 1 aliphatic rings. The maximum absolute atomic E-state index is 13.1. The molecule has 1 saturated carbocycles. The van der Waals surface area contributed by atoms with Crippen molar-refractivity contribution in [3.05, 3.63) is 76.6 Å². The van der Waals surface area contributed by atoms with Crippen molar-refractivity contribution in [2.24, 2.45) is 11.8 Å². The van der Waals surface area contributed by atoms with Gasteiger partial charge in [0.2, 0.25) is 0 Å². The molecule has 1 heterocycles. The topological polar surface area (TPSA) is 81.4 Å². The average Bonchev–Trinajstić information content (AvgIpc) is 2.86. The number of hydrogen-bond donors (Lipinski definition) is 1. The van der Waals surface area contributed by atoms with E-state index in [4.69, 9.17) is 9.84 Å². The molecule has 0 unspecified atom stereocenters. The molecule has 6 nitrogen and oxygen atoms in total. The molecule has 0 amide bonds. The van der Waals surface area contributed by atoms with E-state index in [-0.39, 0.29) is 24.0 Å². The van der Waals surface area contributed by atoms with Gasteiger partial charge in [-0.05, 0) is 55.2 Å². The summed E-state index contributed by atoms with van der Waals surface area (Å²) < 4.78 is 45.9. The van der Waals surface area contributed by atoms with Gasteiger partial charge in [0.05, 0.1) is 17.9 Å². The van der Waals surface area contributed by atoms with Crippen LogP contribution in [0.1, 0.15) is 31.2 Å². The normalized spacial score (nSPS) is 18.2. The Labute approximate surface area is 206 Å². The molecule has 0 saturated heterocycles. The number of benzene rings is 2. The van der Waals surface area contributed by atoms with Gasteiger partial charge in [0, 0.05) is 23.7 Å².